The number of hydrogen-bond donors (Lipinski definition) is 1. The molecule has 0 radical (unpaired) electrons. The van der Waals surface area contributed by atoms with Gasteiger partial charge < -0.3 is 4.40 Å². The summed E-state index contributed by atoms with van der Waals surface area (Å²) in [6.07, 6.45) is 4.50. The standard InChI is InChI=1S/C16H17N5O2S/c1-11(2)21-10-13(9-18-21)24(22,23)19-16-14(8-17)12(3)15-6-4-5-7-20(15)16/h4-7,9-11,19H,1-3H3. The van der Waals surface area contributed by atoms with Crippen molar-refractivity contribution < 1.29 is 8.42 Å². The summed E-state index contributed by atoms with van der Waals surface area (Å²) in [5.74, 6) is 0.239. The first-order valence-corrected chi connectivity index (χ1v) is 8.90. The number of anilines is 1. The van der Waals surface area contributed by atoms with Gasteiger partial charge in [-0.1, -0.05) is 6.07 Å². The largest absolute Gasteiger partial charge is 0.301 e. The molecule has 0 saturated heterocycles. The molecule has 1 N–H and O–H groups in total. The third kappa shape index (κ3) is 2.53. The van der Waals surface area contributed by atoms with E-state index in [1.54, 1.807) is 28.3 Å². The molecule has 3 aromatic rings. The van der Waals surface area contributed by atoms with E-state index in [0.29, 0.717) is 5.56 Å². The number of nitrogens with one attached hydrogen (secondary N) is 1. The van der Waals surface area contributed by atoms with Gasteiger partial charge in [0.15, 0.2) is 0 Å². The van der Waals surface area contributed by atoms with E-state index < -0.39 is 10.0 Å². The van der Waals surface area contributed by atoms with Crippen LogP contribution in [0.25, 0.3) is 5.52 Å². The average Bonchev–Trinajstić information content (AvgIpc) is 3.13. The van der Waals surface area contributed by atoms with Crippen LogP contribution in [0, 0.1) is 18.3 Å². The van der Waals surface area contributed by atoms with E-state index >= 15 is 0 Å². The summed E-state index contributed by atoms with van der Waals surface area (Å²) in [4.78, 5) is 0.0589. The van der Waals surface area contributed by atoms with Crippen LogP contribution >= 0.6 is 0 Å². The Morgan fingerprint density at radius 1 is 1.33 bits per heavy atom. The number of hydrogen-bond acceptors (Lipinski definition) is 4. The smallest absolute Gasteiger partial charge is 0.266 e. The molecule has 0 amide bonds. The van der Waals surface area contributed by atoms with Gasteiger partial charge in [-0.25, -0.2) is 8.42 Å². The molecule has 3 rings (SSSR count). The van der Waals surface area contributed by atoms with Gasteiger partial charge in [-0.05, 0) is 38.5 Å². The van der Waals surface area contributed by atoms with Gasteiger partial charge in [0.25, 0.3) is 10.0 Å². The topological polar surface area (TPSA) is 92.2 Å². The van der Waals surface area contributed by atoms with Crippen LogP contribution in [-0.4, -0.2) is 22.6 Å². The van der Waals surface area contributed by atoms with Crippen LogP contribution in [-0.2, 0) is 10.0 Å². The molecule has 0 unspecified atom stereocenters. The predicted octanol–water partition coefficient (Wildman–Crippen LogP) is 2.70. The number of nitrogens with zero attached hydrogens (tertiary/aromatic N) is 4. The van der Waals surface area contributed by atoms with Crippen LogP contribution < -0.4 is 4.72 Å². The van der Waals surface area contributed by atoms with Crippen molar-refractivity contribution in [2.45, 2.75) is 31.7 Å². The van der Waals surface area contributed by atoms with E-state index in [9.17, 15) is 13.7 Å². The quantitative estimate of drug-likeness (QED) is 0.788. The minimum absolute atomic E-state index is 0.0556. The molecule has 24 heavy (non-hydrogen) atoms. The predicted molar refractivity (Wildman–Crippen MR) is 90.3 cm³/mol. The van der Waals surface area contributed by atoms with Crippen molar-refractivity contribution in [3.63, 3.8) is 0 Å². The molecular weight excluding hydrogens is 326 g/mol. The number of aromatic nitrogens is 3. The fourth-order valence-electron chi connectivity index (χ4n) is 2.53. The number of nitriles is 1. The first kappa shape index (κ1) is 16.1. The molecule has 0 fully saturated rings. The van der Waals surface area contributed by atoms with Gasteiger partial charge in [-0.15, -0.1) is 0 Å². The monoisotopic (exact) mass is 343 g/mol. The second-order valence-corrected chi connectivity index (χ2v) is 7.45. The number of aryl methyl sites for hydroxylation is 1. The van der Waals surface area contributed by atoms with Crippen molar-refractivity contribution >= 4 is 21.4 Å². The normalized spacial score (nSPS) is 11.8. The minimum Gasteiger partial charge on any atom is -0.301 e. The van der Waals surface area contributed by atoms with Crippen LogP contribution in [0.15, 0.2) is 41.7 Å². The van der Waals surface area contributed by atoms with E-state index in [1.165, 1.54) is 12.4 Å². The number of sulfonamides is 1. The summed E-state index contributed by atoms with van der Waals surface area (Å²) in [7, 11) is -3.84. The van der Waals surface area contributed by atoms with E-state index in [4.69, 9.17) is 0 Å². The summed E-state index contributed by atoms with van der Waals surface area (Å²) in [5.41, 5.74) is 1.82. The maximum atomic E-state index is 12.7. The summed E-state index contributed by atoms with van der Waals surface area (Å²) in [6, 6.07) is 7.60. The minimum atomic E-state index is -3.84. The summed E-state index contributed by atoms with van der Waals surface area (Å²) in [5, 5.41) is 13.5. The Labute approximate surface area is 140 Å². The van der Waals surface area contributed by atoms with Crippen LogP contribution in [0.4, 0.5) is 5.82 Å². The Bertz CT molecular complexity index is 1050. The molecule has 0 atom stereocenters. The fourth-order valence-corrected chi connectivity index (χ4v) is 3.54. The highest BCUT2D eigenvalue weighted by molar-refractivity contribution is 7.92. The number of rotatable bonds is 4. The first-order chi connectivity index (χ1) is 11.3. The summed E-state index contributed by atoms with van der Waals surface area (Å²) >= 11 is 0. The average molecular weight is 343 g/mol. The second kappa shape index (κ2) is 5.69. The van der Waals surface area contributed by atoms with Crippen molar-refractivity contribution in [3.05, 3.63) is 47.9 Å². The molecular formula is C16H17N5O2S. The fraction of sp³-hybridized carbons (Fsp3) is 0.250. The first-order valence-electron chi connectivity index (χ1n) is 7.42. The molecule has 3 heterocycles. The van der Waals surface area contributed by atoms with Crippen molar-refractivity contribution in [3.8, 4) is 6.07 Å². The highest BCUT2D eigenvalue weighted by Crippen LogP contribution is 2.28. The lowest BCUT2D eigenvalue weighted by atomic mass is 10.2. The Kier molecular flexibility index (Phi) is 3.81. The second-order valence-electron chi connectivity index (χ2n) is 5.77. The highest BCUT2D eigenvalue weighted by Gasteiger charge is 2.23. The summed E-state index contributed by atoms with van der Waals surface area (Å²) < 4.78 is 31.1. The van der Waals surface area contributed by atoms with Gasteiger partial charge in [0, 0.05) is 18.4 Å². The van der Waals surface area contributed by atoms with Crippen molar-refractivity contribution in [2.24, 2.45) is 0 Å². The van der Waals surface area contributed by atoms with Gasteiger partial charge in [0.05, 0.1) is 17.3 Å². The van der Waals surface area contributed by atoms with Crippen LogP contribution in [0.2, 0.25) is 0 Å². The van der Waals surface area contributed by atoms with Crippen molar-refractivity contribution in [2.75, 3.05) is 4.72 Å². The van der Waals surface area contributed by atoms with E-state index in [-0.39, 0.29) is 16.8 Å². The van der Waals surface area contributed by atoms with Crippen molar-refractivity contribution in [1.29, 1.82) is 5.26 Å². The molecule has 0 aliphatic carbocycles. The molecule has 7 nitrogen and oxygen atoms in total. The zero-order chi connectivity index (χ0) is 17.5. The third-order valence-electron chi connectivity index (χ3n) is 3.86. The molecule has 124 valence electrons. The highest BCUT2D eigenvalue weighted by atomic mass is 32.2. The molecule has 0 bridgehead atoms. The maximum Gasteiger partial charge on any atom is 0.266 e. The van der Waals surface area contributed by atoms with Gasteiger partial charge >= 0.3 is 0 Å². The Morgan fingerprint density at radius 2 is 2.08 bits per heavy atom. The molecule has 8 heteroatoms. The lowest BCUT2D eigenvalue weighted by Crippen LogP contribution is -2.14. The van der Waals surface area contributed by atoms with Gasteiger partial charge in [0.2, 0.25) is 0 Å². The molecule has 0 aliphatic rings. The SMILES string of the molecule is Cc1c(C#N)c(NS(=O)(=O)c2cnn(C(C)C)c2)n2ccccc12. The van der Waals surface area contributed by atoms with Gasteiger partial charge in [0.1, 0.15) is 16.8 Å². The Balaban J connectivity index is 2.10. The zero-order valence-corrected chi connectivity index (χ0v) is 14.4. The van der Waals surface area contributed by atoms with E-state index in [2.05, 4.69) is 15.9 Å². The van der Waals surface area contributed by atoms with Crippen LogP contribution in [0.5, 0.6) is 0 Å². The Hall–Kier alpha value is -2.79. The van der Waals surface area contributed by atoms with E-state index in [0.717, 1.165) is 11.1 Å². The van der Waals surface area contributed by atoms with E-state index in [1.807, 2.05) is 26.0 Å². The number of pyridine rings is 1. The molecule has 0 spiro atoms. The zero-order valence-electron chi connectivity index (χ0n) is 13.6. The lowest BCUT2D eigenvalue weighted by Gasteiger charge is -2.07. The molecule has 0 aliphatic heterocycles. The van der Waals surface area contributed by atoms with Crippen LogP contribution in [0.3, 0.4) is 0 Å². The molecule has 3 aromatic heterocycles. The maximum absolute atomic E-state index is 12.7. The number of fused-ring (bicyclic) bond motifs is 1. The van der Waals surface area contributed by atoms with Crippen LogP contribution in [0.1, 0.15) is 31.0 Å². The molecule has 0 aromatic carbocycles. The summed E-state index contributed by atoms with van der Waals surface area (Å²) in [6.45, 7) is 5.62. The third-order valence-corrected chi connectivity index (χ3v) is 5.15. The van der Waals surface area contributed by atoms with Gasteiger partial charge in [-0.3, -0.25) is 9.40 Å². The molecule has 0 saturated carbocycles. The van der Waals surface area contributed by atoms with Gasteiger partial charge in [-0.2, -0.15) is 10.4 Å². The Morgan fingerprint density at radius 3 is 2.71 bits per heavy atom. The lowest BCUT2D eigenvalue weighted by molar-refractivity contribution is 0.531. The van der Waals surface area contributed by atoms with Crippen molar-refractivity contribution in [1.82, 2.24) is 14.2 Å².